The smallest absolute Gasteiger partial charge is 0.136 e. The Kier molecular flexibility index (Phi) is 3.07. The number of hydrogen-bond donors (Lipinski definition) is 0. The van der Waals surface area contributed by atoms with E-state index in [1.54, 1.807) is 0 Å². The number of fused-ring (bicyclic) bond motifs is 1. The number of aryl methyl sites for hydroxylation is 1. The van der Waals surface area contributed by atoms with E-state index >= 15 is 0 Å². The monoisotopic (exact) mass is 253 g/mol. The average molecular weight is 254 g/mol. The van der Waals surface area contributed by atoms with Crippen molar-refractivity contribution in [2.45, 2.75) is 25.3 Å². The number of alkyl halides is 1. The maximum atomic E-state index is 5.78. The Morgan fingerprint density at radius 3 is 2.94 bits per heavy atom. The third-order valence-electron chi connectivity index (χ3n) is 3.38. The lowest BCUT2D eigenvalue weighted by atomic mass is 9.97. The third kappa shape index (κ3) is 2.07. The first-order valence-corrected chi connectivity index (χ1v) is 6.60. The summed E-state index contributed by atoms with van der Waals surface area (Å²) in [4.78, 5) is 0. The van der Waals surface area contributed by atoms with Gasteiger partial charge in [0, 0.05) is 50.0 Å². The summed E-state index contributed by atoms with van der Waals surface area (Å²) in [5, 5.41) is 4.64. The van der Waals surface area contributed by atoms with E-state index in [0.717, 1.165) is 38.2 Å². The molecular formula is C12H16ClN3O. The molecule has 0 unspecified atom stereocenters. The molecule has 1 fully saturated rings. The molecule has 0 saturated carbocycles. The van der Waals surface area contributed by atoms with Crippen LogP contribution in [0.2, 0.25) is 0 Å². The molecule has 1 aliphatic heterocycles. The maximum Gasteiger partial charge on any atom is 0.136 e. The van der Waals surface area contributed by atoms with Crippen molar-refractivity contribution < 1.29 is 4.74 Å². The predicted molar refractivity (Wildman–Crippen MR) is 66.7 cm³/mol. The molecule has 0 atom stereocenters. The molecular weight excluding hydrogens is 238 g/mol. The van der Waals surface area contributed by atoms with Gasteiger partial charge in [-0.15, -0.1) is 11.6 Å². The van der Waals surface area contributed by atoms with E-state index < -0.39 is 0 Å². The van der Waals surface area contributed by atoms with Gasteiger partial charge in [-0.1, -0.05) is 0 Å². The SMILES string of the molecule is ClCCn1ccn2nc(C3CCOCC3)cc12. The van der Waals surface area contributed by atoms with Crippen molar-refractivity contribution in [2.75, 3.05) is 19.1 Å². The van der Waals surface area contributed by atoms with Gasteiger partial charge in [0.2, 0.25) is 0 Å². The van der Waals surface area contributed by atoms with Crippen LogP contribution in [0.4, 0.5) is 0 Å². The Morgan fingerprint density at radius 1 is 1.35 bits per heavy atom. The highest BCUT2D eigenvalue weighted by atomic mass is 35.5. The van der Waals surface area contributed by atoms with Gasteiger partial charge >= 0.3 is 0 Å². The molecule has 17 heavy (non-hydrogen) atoms. The fourth-order valence-corrected chi connectivity index (χ4v) is 2.60. The molecule has 2 aromatic heterocycles. The van der Waals surface area contributed by atoms with E-state index in [4.69, 9.17) is 16.3 Å². The lowest BCUT2D eigenvalue weighted by molar-refractivity contribution is 0.0844. The molecule has 0 aromatic carbocycles. The quantitative estimate of drug-likeness (QED) is 0.786. The van der Waals surface area contributed by atoms with Crippen LogP contribution in [0.1, 0.15) is 24.5 Å². The molecule has 0 amide bonds. The summed E-state index contributed by atoms with van der Waals surface area (Å²) >= 11 is 5.78. The molecule has 2 aromatic rings. The summed E-state index contributed by atoms with van der Waals surface area (Å²) in [7, 11) is 0. The zero-order valence-electron chi connectivity index (χ0n) is 9.68. The van der Waals surface area contributed by atoms with Crippen molar-refractivity contribution >= 4 is 17.2 Å². The topological polar surface area (TPSA) is 31.5 Å². The first-order chi connectivity index (χ1) is 8.38. The van der Waals surface area contributed by atoms with Crippen LogP contribution in [-0.2, 0) is 11.3 Å². The predicted octanol–water partition coefficient (Wildman–Crippen LogP) is 2.27. The van der Waals surface area contributed by atoms with Gasteiger partial charge in [0.05, 0.1) is 5.69 Å². The minimum absolute atomic E-state index is 0.549. The molecule has 3 heterocycles. The summed E-state index contributed by atoms with van der Waals surface area (Å²) < 4.78 is 9.47. The van der Waals surface area contributed by atoms with Crippen LogP contribution < -0.4 is 0 Å². The number of ether oxygens (including phenoxy) is 1. The first kappa shape index (κ1) is 11.1. The summed E-state index contributed by atoms with van der Waals surface area (Å²) in [5.41, 5.74) is 2.32. The van der Waals surface area contributed by atoms with Gasteiger partial charge < -0.3 is 9.30 Å². The minimum Gasteiger partial charge on any atom is -0.381 e. The second kappa shape index (κ2) is 4.70. The first-order valence-electron chi connectivity index (χ1n) is 6.06. The summed E-state index contributed by atoms with van der Waals surface area (Å²) in [6, 6.07) is 2.18. The molecule has 4 nitrogen and oxygen atoms in total. The maximum absolute atomic E-state index is 5.78. The Hall–Kier alpha value is -1.00. The minimum atomic E-state index is 0.549. The number of nitrogens with zero attached hydrogens (tertiary/aromatic N) is 3. The van der Waals surface area contributed by atoms with Gasteiger partial charge in [0.25, 0.3) is 0 Å². The van der Waals surface area contributed by atoms with Gasteiger partial charge in [-0.25, -0.2) is 4.52 Å². The van der Waals surface area contributed by atoms with Gasteiger partial charge in [0.15, 0.2) is 0 Å². The van der Waals surface area contributed by atoms with Crippen LogP contribution in [0.25, 0.3) is 5.65 Å². The van der Waals surface area contributed by atoms with E-state index in [9.17, 15) is 0 Å². The van der Waals surface area contributed by atoms with Gasteiger partial charge in [-0.2, -0.15) is 5.10 Å². The molecule has 92 valence electrons. The Bertz CT molecular complexity index is 499. The second-order valence-electron chi connectivity index (χ2n) is 4.44. The van der Waals surface area contributed by atoms with Gasteiger partial charge in [-0.05, 0) is 12.8 Å². The number of hydrogen-bond acceptors (Lipinski definition) is 2. The van der Waals surface area contributed by atoms with E-state index in [1.165, 1.54) is 5.69 Å². The molecule has 0 aliphatic carbocycles. The highest BCUT2D eigenvalue weighted by Gasteiger charge is 2.19. The zero-order valence-corrected chi connectivity index (χ0v) is 10.4. The summed E-state index contributed by atoms with van der Waals surface area (Å²) in [6.07, 6.45) is 6.18. The third-order valence-corrected chi connectivity index (χ3v) is 3.55. The number of imidazole rings is 1. The van der Waals surface area contributed by atoms with Crippen molar-refractivity contribution in [3.63, 3.8) is 0 Å². The summed E-state index contributed by atoms with van der Waals surface area (Å²) in [6.45, 7) is 2.54. The fraction of sp³-hybridized carbons (Fsp3) is 0.583. The van der Waals surface area contributed by atoms with E-state index in [0.29, 0.717) is 11.8 Å². The van der Waals surface area contributed by atoms with E-state index in [1.807, 2.05) is 16.9 Å². The van der Waals surface area contributed by atoms with Gasteiger partial charge in [0.1, 0.15) is 5.65 Å². The normalized spacial score (nSPS) is 17.9. The standard InChI is InChI=1S/C12H16ClN3O/c13-3-4-15-5-6-16-12(15)9-11(14-16)10-1-7-17-8-2-10/h5-6,9-10H,1-4,7-8H2. The van der Waals surface area contributed by atoms with Crippen molar-refractivity contribution in [2.24, 2.45) is 0 Å². The van der Waals surface area contributed by atoms with Crippen LogP contribution >= 0.6 is 11.6 Å². The number of halogens is 1. The fourth-order valence-electron chi connectivity index (χ4n) is 2.42. The summed E-state index contributed by atoms with van der Waals surface area (Å²) in [5.74, 6) is 1.18. The molecule has 3 rings (SSSR count). The number of aromatic nitrogens is 3. The molecule has 5 heteroatoms. The van der Waals surface area contributed by atoms with Crippen molar-refractivity contribution in [3.8, 4) is 0 Å². The van der Waals surface area contributed by atoms with E-state index in [-0.39, 0.29) is 0 Å². The Labute approximate surface area is 105 Å². The highest BCUT2D eigenvalue weighted by Crippen LogP contribution is 2.26. The van der Waals surface area contributed by atoms with Crippen molar-refractivity contribution in [1.29, 1.82) is 0 Å². The van der Waals surface area contributed by atoms with Crippen molar-refractivity contribution in [3.05, 3.63) is 24.2 Å². The lowest BCUT2D eigenvalue weighted by Gasteiger charge is -2.19. The lowest BCUT2D eigenvalue weighted by Crippen LogP contribution is -2.14. The molecule has 1 saturated heterocycles. The average Bonchev–Trinajstić information content (AvgIpc) is 2.93. The van der Waals surface area contributed by atoms with Crippen molar-refractivity contribution in [1.82, 2.24) is 14.2 Å². The van der Waals surface area contributed by atoms with Crippen LogP contribution in [0.3, 0.4) is 0 Å². The van der Waals surface area contributed by atoms with Crippen LogP contribution in [0.15, 0.2) is 18.5 Å². The van der Waals surface area contributed by atoms with E-state index in [2.05, 4.69) is 15.7 Å². The Morgan fingerprint density at radius 2 is 2.18 bits per heavy atom. The number of rotatable bonds is 3. The molecule has 0 spiro atoms. The van der Waals surface area contributed by atoms with Crippen LogP contribution in [0, 0.1) is 0 Å². The molecule has 1 aliphatic rings. The Balaban J connectivity index is 1.90. The van der Waals surface area contributed by atoms with Gasteiger partial charge in [-0.3, -0.25) is 0 Å². The molecule has 0 radical (unpaired) electrons. The zero-order chi connectivity index (χ0) is 11.7. The largest absolute Gasteiger partial charge is 0.381 e. The van der Waals surface area contributed by atoms with Crippen LogP contribution in [0.5, 0.6) is 0 Å². The second-order valence-corrected chi connectivity index (χ2v) is 4.82. The molecule has 0 N–H and O–H groups in total. The molecule has 0 bridgehead atoms. The van der Waals surface area contributed by atoms with Crippen LogP contribution in [-0.4, -0.2) is 33.3 Å². The highest BCUT2D eigenvalue weighted by molar-refractivity contribution is 6.17.